The molecular weight excluding hydrogens is 381 g/mol. The van der Waals surface area contributed by atoms with Crippen LogP contribution in [0.25, 0.3) is 0 Å². The molecule has 1 saturated heterocycles. The Hall–Kier alpha value is -3.34. The summed E-state index contributed by atoms with van der Waals surface area (Å²) in [7, 11) is 3.05. The maximum atomic E-state index is 16.2. The van der Waals surface area contributed by atoms with E-state index in [-0.39, 0.29) is 18.7 Å². The van der Waals surface area contributed by atoms with Crippen LogP contribution in [0.15, 0.2) is 90.1 Å². The molecule has 0 saturated carbocycles. The van der Waals surface area contributed by atoms with Crippen molar-refractivity contribution < 1.29 is 18.7 Å². The van der Waals surface area contributed by atoms with E-state index < -0.39 is 11.3 Å². The minimum absolute atomic E-state index is 0.0845. The summed E-state index contributed by atoms with van der Waals surface area (Å²) >= 11 is 0. The third kappa shape index (κ3) is 3.63. The summed E-state index contributed by atoms with van der Waals surface area (Å²) in [5.41, 5.74) is 1.73. The lowest BCUT2D eigenvalue weighted by atomic mass is 9.71. The van der Waals surface area contributed by atoms with E-state index in [1.165, 1.54) is 7.11 Å². The average Bonchev–Trinajstić information content (AvgIpc) is 3.08. The zero-order chi connectivity index (χ0) is 21.0. The first-order chi connectivity index (χ1) is 14.6. The molecule has 0 radical (unpaired) electrons. The number of nitrogens with zero attached hydrogens (tertiary/aromatic N) is 1. The quantitative estimate of drug-likeness (QED) is 0.525. The molecule has 154 valence electrons. The van der Waals surface area contributed by atoms with Crippen LogP contribution >= 0.6 is 0 Å². The Kier molecular flexibility index (Phi) is 5.44. The fourth-order valence-electron chi connectivity index (χ4n) is 4.16. The average molecular weight is 405 g/mol. The standard InChI is InChI=1S/C25H24FNO3/c1-28-22-15-13-19(14-16-22)17-24(26)18-25(23(30-24)27-29-2,20-9-5-3-6-10-20)21-11-7-4-8-12-21/h3-16H,17-18H2,1-2H3. The van der Waals surface area contributed by atoms with Gasteiger partial charge in [-0.05, 0) is 28.8 Å². The van der Waals surface area contributed by atoms with E-state index in [0.29, 0.717) is 0 Å². The lowest BCUT2D eigenvalue weighted by molar-refractivity contribution is -0.0577. The summed E-state index contributed by atoms with van der Waals surface area (Å²) < 4.78 is 27.3. The molecule has 0 aromatic heterocycles. The highest BCUT2D eigenvalue weighted by atomic mass is 19.2. The number of halogens is 1. The van der Waals surface area contributed by atoms with Crippen LogP contribution in [-0.2, 0) is 21.4 Å². The van der Waals surface area contributed by atoms with Gasteiger partial charge in [0.15, 0.2) is 0 Å². The Morgan fingerprint density at radius 3 is 1.93 bits per heavy atom. The van der Waals surface area contributed by atoms with Gasteiger partial charge in [0.05, 0.1) is 7.11 Å². The molecule has 4 nitrogen and oxygen atoms in total. The van der Waals surface area contributed by atoms with Gasteiger partial charge >= 0.3 is 0 Å². The summed E-state index contributed by atoms with van der Waals surface area (Å²) in [5.74, 6) is -1.00. The highest BCUT2D eigenvalue weighted by Gasteiger charge is 2.58. The van der Waals surface area contributed by atoms with Gasteiger partial charge in [0.2, 0.25) is 5.90 Å². The summed E-state index contributed by atoms with van der Waals surface area (Å²) in [6.45, 7) is 0. The molecule has 0 N–H and O–H groups in total. The van der Waals surface area contributed by atoms with Crippen LogP contribution in [0.5, 0.6) is 5.75 Å². The zero-order valence-electron chi connectivity index (χ0n) is 17.0. The molecule has 1 unspecified atom stereocenters. The van der Waals surface area contributed by atoms with Gasteiger partial charge in [0.1, 0.15) is 18.3 Å². The van der Waals surface area contributed by atoms with Gasteiger partial charge in [0.25, 0.3) is 5.85 Å². The number of oxime groups is 1. The topological polar surface area (TPSA) is 40.0 Å². The number of alkyl halides is 1. The van der Waals surface area contributed by atoms with E-state index in [9.17, 15) is 0 Å². The van der Waals surface area contributed by atoms with Crippen molar-refractivity contribution in [2.75, 3.05) is 14.2 Å². The van der Waals surface area contributed by atoms with Crippen LogP contribution in [0.1, 0.15) is 23.1 Å². The van der Waals surface area contributed by atoms with Crippen LogP contribution in [0.4, 0.5) is 4.39 Å². The van der Waals surface area contributed by atoms with Crippen LogP contribution in [0, 0.1) is 0 Å². The molecule has 1 aliphatic rings. The van der Waals surface area contributed by atoms with Crippen molar-refractivity contribution in [1.82, 2.24) is 0 Å². The van der Waals surface area contributed by atoms with Gasteiger partial charge in [-0.1, -0.05) is 78.0 Å². The van der Waals surface area contributed by atoms with Gasteiger partial charge in [-0.3, -0.25) is 0 Å². The van der Waals surface area contributed by atoms with Crippen molar-refractivity contribution in [2.24, 2.45) is 5.16 Å². The second-order valence-electron chi connectivity index (χ2n) is 7.40. The monoisotopic (exact) mass is 405 g/mol. The number of hydrogen-bond acceptors (Lipinski definition) is 4. The maximum absolute atomic E-state index is 16.2. The number of rotatable bonds is 6. The van der Waals surface area contributed by atoms with Crippen LogP contribution in [0.3, 0.4) is 0 Å². The van der Waals surface area contributed by atoms with E-state index in [0.717, 1.165) is 22.4 Å². The summed E-state index contributed by atoms with van der Waals surface area (Å²) in [4.78, 5) is 5.08. The number of benzene rings is 3. The molecule has 1 fully saturated rings. The van der Waals surface area contributed by atoms with Crippen molar-refractivity contribution in [3.05, 3.63) is 102 Å². The molecule has 0 amide bonds. The second-order valence-corrected chi connectivity index (χ2v) is 7.40. The summed E-state index contributed by atoms with van der Waals surface area (Å²) in [6.07, 6.45) is 0.170. The first kappa shape index (κ1) is 20.0. The van der Waals surface area contributed by atoms with E-state index in [4.69, 9.17) is 14.3 Å². The van der Waals surface area contributed by atoms with E-state index in [1.54, 1.807) is 7.11 Å². The van der Waals surface area contributed by atoms with Gasteiger partial charge in [-0.25, -0.2) is 0 Å². The molecule has 1 heterocycles. The number of hydrogen-bond donors (Lipinski definition) is 0. The van der Waals surface area contributed by atoms with Gasteiger partial charge < -0.3 is 14.3 Å². The van der Waals surface area contributed by atoms with Gasteiger partial charge in [-0.15, -0.1) is 0 Å². The van der Waals surface area contributed by atoms with Crippen molar-refractivity contribution in [2.45, 2.75) is 24.1 Å². The first-order valence-corrected chi connectivity index (χ1v) is 9.83. The predicted octanol–water partition coefficient (Wildman–Crippen LogP) is 5.27. The molecule has 1 atom stereocenters. The molecule has 3 aromatic rings. The Morgan fingerprint density at radius 2 is 1.43 bits per heavy atom. The number of methoxy groups -OCH3 is 1. The van der Waals surface area contributed by atoms with Crippen LogP contribution < -0.4 is 4.74 Å². The molecule has 3 aromatic carbocycles. The maximum Gasteiger partial charge on any atom is 0.255 e. The van der Waals surface area contributed by atoms with Crippen LogP contribution in [0.2, 0.25) is 0 Å². The van der Waals surface area contributed by atoms with Crippen molar-refractivity contribution in [3.63, 3.8) is 0 Å². The molecular formula is C25H24FNO3. The third-order valence-corrected chi connectivity index (χ3v) is 5.51. The molecule has 0 spiro atoms. The molecule has 0 aliphatic carbocycles. The fourth-order valence-corrected chi connectivity index (χ4v) is 4.16. The molecule has 4 rings (SSSR count). The summed E-state index contributed by atoms with van der Waals surface area (Å²) in [6, 6.07) is 26.8. The molecule has 5 heteroatoms. The number of ether oxygens (including phenoxy) is 2. The molecule has 30 heavy (non-hydrogen) atoms. The lowest BCUT2D eigenvalue weighted by Gasteiger charge is -2.28. The van der Waals surface area contributed by atoms with Crippen molar-refractivity contribution >= 4 is 5.90 Å². The van der Waals surface area contributed by atoms with E-state index in [2.05, 4.69) is 5.16 Å². The minimum Gasteiger partial charge on any atom is -0.497 e. The normalized spacial score (nSPS) is 21.2. The fraction of sp³-hybridized carbons (Fsp3) is 0.240. The van der Waals surface area contributed by atoms with Gasteiger partial charge in [-0.2, -0.15) is 4.39 Å². The highest BCUT2D eigenvalue weighted by Crippen LogP contribution is 2.50. The Balaban J connectivity index is 1.80. The molecule has 1 aliphatic heterocycles. The summed E-state index contributed by atoms with van der Waals surface area (Å²) in [5, 5.41) is 4.13. The lowest BCUT2D eigenvalue weighted by Crippen LogP contribution is -2.34. The predicted molar refractivity (Wildman–Crippen MR) is 114 cm³/mol. The SMILES string of the molecule is CON=C1OC(F)(Cc2ccc(OC)cc2)CC1(c1ccccc1)c1ccccc1. The molecule has 0 bridgehead atoms. The van der Waals surface area contributed by atoms with Crippen molar-refractivity contribution in [3.8, 4) is 5.75 Å². The second kappa shape index (κ2) is 8.19. The Morgan fingerprint density at radius 1 is 0.867 bits per heavy atom. The van der Waals surface area contributed by atoms with E-state index >= 15 is 4.39 Å². The third-order valence-electron chi connectivity index (χ3n) is 5.51. The largest absolute Gasteiger partial charge is 0.497 e. The minimum atomic E-state index is -1.95. The highest BCUT2D eigenvalue weighted by molar-refractivity contribution is 5.94. The zero-order valence-corrected chi connectivity index (χ0v) is 17.0. The smallest absolute Gasteiger partial charge is 0.255 e. The van der Waals surface area contributed by atoms with Crippen LogP contribution in [-0.4, -0.2) is 26.0 Å². The van der Waals surface area contributed by atoms with E-state index in [1.807, 2.05) is 84.9 Å². The van der Waals surface area contributed by atoms with Crippen molar-refractivity contribution in [1.29, 1.82) is 0 Å². The Bertz CT molecular complexity index is 966. The Labute approximate surface area is 175 Å². The van der Waals surface area contributed by atoms with Gasteiger partial charge in [0, 0.05) is 12.8 Å². The first-order valence-electron chi connectivity index (χ1n) is 9.83.